The molecule has 1 aromatic carbocycles. The van der Waals surface area contributed by atoms with E-state index >= 15 is 0 Å². The van der Waals surface area contributed by atoms with Crippen LogP contribution in [0, 0.1) is 5.92 Å². The average Bonchev–Trinajstić information content (AvgIpc) is 3.22. The normalized spacial score (nSPS) is 16.4. The number of nitrogens with two attached hydrogens (primary N) is 1. The van der Waals surface area contributed by atoms with E-state index < -0.39 is 0 Å². The molecule has 0 heterocycles. The summed E-state index contributed by atoms with van der Waals surface area (Å²) in [7, 11) is 1.66. The Morgan fingerprint density at radius 3 is 2.53 bits per heavy atom. The van der Waals surface area contributed by atoms with E-state index in [0.29, 0.717) is 12.6 Å². The van der Waals surface area contributed by atoms with Crippen molar-refractivity contribution in [3.05, 3.63) is 29.8 Å². The van der Waals surface area contributed by atoms with Gasteiger partial charge >= 0.3 is 0 Å². The second-order valence-electron chi connectivity index (χ2n) is 5.30. The molecule has 0 aromatic heterocycles. The van der Waals surface area contributed by atoms with Gasteiger partial charge in [-0.1, -0.05) is 12.1 Å². The molecule has 1 aliphatic carbocycles. The van der Waals surface area contributed by atoms with Crippen molar-refractivity contribution in [3.63, 3.8) is 0 Å². The van der Waals surface area contributed by atoms with Crippen LogP contribution >= 0.6 is 0 Å². The van der Waals surface area contributed by atoms with Crippen molar-refractivity contribution in [2.45, 2.75) is 32.4 Å². The molecule has 19 heavy (non-hydrogen) atoms. The molecule has 0 spiro atoms. The van der Waals surface area contributed by atoms with Gasteiger partial charge in [0.15, 0.2) is 0 Å². The Hall–Kier alpha value is -1.55. The maximum atomic E-state index is 11.2. The molecule has 0 saturated heterocycles. The van der Waals surface area contributed by atoms with Gasteiger partial charge < -0.3 is 10.5 Å². The highest BCUT2D eigenvalue weighted by Crippen LogP contribution is 2.35. The van der Waals surface area contributed by atoms with Gasteiger partial charge in [-0.2, -0.15) is 0 Å². The summed E-state index contributed by atoms with van der Waals surface area (Å²) in [6.07, 6.45) is 2.53. The first-order chi connectivity index (χ1) is 9.10. The molecule has 2 rings (SSSR count). The molecule has 1 amide bonds. The van der Waals surface area contributed by atoms with Gasteiger partial charge in [-0.15, -0.1) is 0 Å². The van der Waals surface area contributed by atoms with E-state index in [-0.39, 0.29) is 5.91 Å². The molecule has 0 radical (unpaired) electrons. The summed E-state index contributed by atoms with van der Waals surface area (Å²) in [5.74, 6) is 1.30. The van der Waals surface area contributed by atoms with Crippen LogP contribution in [0.4, 0.5) is 0 Å². The molecule has 0 aliphatic heterocycles. The second-order valence-corrected chi connectivity index (χ2v) is 5.30. The van der Waals surface area contributed by atoms with Crippen molar-refractivity contribution in [1.29, 1.82) is 0 Å². The number of hydrogen-bond donors (Lipinski definition) is 1. The van der Waals surface area contributed by atoms with Crippen LogP contribution < -0.4 is 10.5 Å². The van der Waals surface area contributed by atoms with Gasteiger partial charge in [0.2, 0.25) is 5.91 Å². The first-order valence-corrected chi connectivity index (χ1v) is 6.75. The van der Waals surface area contributed by atoms with Gasteiger partial charge in [0.05, 0.1) is 13.7 Å². The minimum atomic E-state index is -0.263. The van der Waals surface area contributed by atoms with Gasteiger partial charge in [-0.25, -0.2) is 0 Å². The Balaban J connectivity index is 2.02. The van der Waals surface area contributed by atoms with Crippen molar-refractivity contribution < 1.29 is 9.53 Å². The third-order valence-corrected chi connectivity index (χ3v) is 3.78. The number of ether oxygens (including phenoxy) is 1. The highest BCUT2D eigenvalue weighted by Gasteiger charge is 2.32. The lowest BCUT2D eigenvalue weighted by Crippen LogP contribution is -2.40. The van der Waals surface area contributed by atoms with Gasteiger partial charge in [0.25, 0.3) is 0 Å². The zero-order chi connectivity index (χ0) is 13.8. The molecule has 1 saturated carbocycles. The van der Waals surface area contributed by atoms with Crippen LogP contribution in [-0.4, -0.2) is 30.5 Å². The molecule has 0 bridgehead atoms. The van der Waals surface area contributed by atoms with Crippen LogP contribution in [0.2, 0.25) is 0 Å². The van der Waals surface area contributed by atoms with Crippen LogP contribution in [0.25, 0.3) is 0 Å². The zero-order valence-corrected chi connectivity index (χ0v) is 11.6. The van der Waals surface area contributed by atoms with Crippen molar-refractivity contribution in [2.75, 3.05) is 13.7 Å². The fraction of sp³-hybridized carbons (Fsp3) is 0.533. The lowest BCUT2D eigenvalue weighted by molar-refractivity contribution is -0.119. The third kappa shape index (κ3) is 3.96. The molecular formula is C15H22N2O2. The predicted molar refractivity (Wildman–Crippen MR) is 74.8 cm³/mol. The van der Waals surface area contributed by atoms with E-state index in [9.17, 15) is 4.79 Å². The van der Waals surface area contributed by atoms with Gasteiger partial charge in [0, 0.05) is 12.6 Å². The number of benzene rings is 1. The Kier molecular flexibility index (Phi) is 4.43. The van der Waals surface area contributed by atoms with Crippen LogP contribution in [0.3, 0.4) is 0 Å². The molecule has 104 valence electrons. The quantitative estimate of drug-likeness (QED) is 0.815. The minimum Gasteiger partial charge on any atom is -0.497 e. The minimum absolute atomic E-state index is 0.263. The van der Waals surface area contributed by atoms with E-state index in [4.69, 9.17) is 10.5 Å². The first-order valence-electron chi connectivity index (χ1n) is 6.75. The van der Waals surface area contributed by atoms with E-state index in [1.165, 1.54) is 18.4 Å². The summed E-state index contributed by atoms with van der Waals surface area (Å²) in [5, 5.41) is 0. The van der Waals surface area contributed by atoms with Crippen LogP contribution in [0.5, 0.6) is 5.75 Å². The van der Waals surface area contributed by atoms with E-state index in [1.807, 2.05) is 24.3 Å². The van der Waals surface area contributed by atoms with E-state index in [2.05, 4.69) is 11.8 Å². The van der Waals surface area contributed by atoms with Crippen molar-refractivity contribution in [1.82, 2.24) is 4.90 Å². The molecule has 4 heteroatoms. The lowest BCUT2D eigenvalue weighted by atomic mass is 10.1. The number of carbonyl (C=O) groups is 1. The number of primary amides is 1. The van der Waals surface area contributed by atoms with Crippen molar-refractivity contribution in [2.24, 2.45) is 11.7 Å². The van der Waals surface area contributed by atoms with Crippen LogP contribution in [-0.2, 0) is 11.3 Å². The first kappa shape index (κ1) is 13.9. The SMILES string of the molecule is COc1ccc(CN(CC(N)=O)[C@H](C)C2CC2)cc1. The molecule has 1 aromatic rings. The molecule has 1 aliphatic rings. The number of carbonyl (C=O) groups excluding carboxylic acids is 1. The summed E-state index contributed by atoms with van der Waals surface area (Å²) in [5.41, 5.74) is 6.53. The zero-order valence-electron chi connectivity index (χ0n) is 11.6. The van der Waals surface area contributed by atoms with E-state index in [0.717, 1.165) is 18.2 Å². The van der Waals surface area contributed by atoms with Gasteiger partial charge in [0.1, 0.15) is 5.75 Å². The van der Waals surface area contributed by atoms with Crippen LogP contribution in [0.15, 0.2) is 24.3 Å². The summed E-state index contributed by atoms with van der Waals surface area (Å²) in [4.78, 5) is 13.4. The highest BCUT2D eigenvalue weighted by atomic mass is 16.5. The van der Waals surface area contributed by atoms with Crippen LogP contribution in [0.1, 0.15) is 25.3 Å². The fourth-order valence-electron chi connectivity index (χ4n) is 2.39. The number of hydrogen-bond acceptors (Lipinski definition) is 3. The summed E-state index contributed by atoms with van der Waals surface area (Å²) >= 11 is 0. The number of rotatable bonds is 7. The smallest absolute Gasteiger partial charge is 0.231 e. The fourth-order valence-corrected chi connectivity index (χ4v) is 2.39. The number of methoxy groups -OCH3 is 1. The predicted octanol–water partition coefficient (Wildman–Crippen LogP) is 1.78. The topological polar surface area (TPSA) is 55.6 Å². The summed E-state index contributed by atoms with van der Waals surface area (Å²) < 4.78 is 5.15. The van der Waals surface area contributed by atoms with Crippen molar-refractivity contribution in [3.8, 4) is 5.75 Å². The number of nitrogens with zero attached hydrogens (tertiary/aromatic N) is 1. The maximum Gasteiger partial charge on any atom is 0.231 e. The standard InChI is InChI=1S/C15H22N2O2/c1-11(13-5-6-13)17(10-15(16)18)9-12-3-7-14(19-2)8-4-12/h3-4,7-8,11,13H,5-6,9-10H2,1-2H3,(H2,16,18)/t11-/m1/s1. The second kappa shape index (κ2) is 6.06. The maximum absolute atomic E-state index is 11.2. The summed E-state index contributed by atoms with van der Waals surface area (Å²) in [6, 6.07) is 8.37. The highest BCUT2D eigenvalue weighted by molar-refractivity contribution is 5.76. The Morgan fingerprint density at radius 2 is 2.05 bits per heavy atom. The Labute approximate surface area is 114 Å². The molecular weight excluding hydrogens is 240 g/mol. The molecule has 1 atom stereocenters. The lowest BCUT2D eigenvalue weighted by Gasteiger charge is -2.28. The molecule has 1 fully saturated rings. The summed E-state index contributed by atoms with van der Waals surface area (Å²) in [6.45, 7) is 3.26. The molecule has 2 N–H and O–H groups in total. The van der Waals surface area contributed by atoms with E-state index in [1.54, 1.807) is 7.11 Å². The number of amides is 1. The van der Waals surface area contributed by atoms with Gasteiger partial charge in [-0.3, -0.25) is 9.69 Å². The Morgan fingerprint density at radius 1 is 1.42 bits per heavy atom. The Bertz CT molecular complexity index is 426. The molecule has 0 unspecified atom stereocenters. The molecule has 4 nitrogen and oxygen atoms in total. The third-order valence-electron chi connectivity index (χ3n) is 3.78. The monoisotopic (exact) mass is 262 g/mol. The van der Waals surface area contributed by atoms with Gasteiger partial charge in [-0.05, 0) is 43.4 Å². The largest absolute Gasteiger partial charge is 0.497 e. The van der Waals surface area contributed by atoms with Crippen molar-refractivity contribution >= 4 is 5.91 Å². The average molecular weight is 262 g/mol.